The second-order valence-electron chi connectivity index (χ2n) is 2.18. The van der Waals surface area contributed by atoms with Crippen LogP contribution in [0.4, 0.5) is 4.39 Å². The predicted octanol–water partition coefficient (Wildman–Crippen LogP) is 2.77. The van der Waals surface area contributed by atoms with Crippen LogP contribution in [-0.4, -0.2) is 0 Å². The van der Waals surface area contributed by atoms with E-state index in [1.807, 2.05) is 6.07 Å². The predicted molar refractivity (Wildman–Crippen MR) is 43.6 cm³/mol. The van der Waals surface area contributed by atoms with Crippen molar-refractivity contribution in [1.82, 2.24) is 0 Å². The molecule has 0 heterocycles. The van der Waals surface area contributed by atoms with E-state index in [1.165, 1.54) is 6.07 Å². The van der Waals surface area contributed by atoms with Gasteiger partial charge in [0.05, 0.1) is 11.6 Å². The second kappa shape index (κ2) is 3.02. The smallest absolute Gasteiger partial charge is 0.128 e. The fourth-order valence-corrected chi connectivity index (χ4v) is 1.15. The maximum absolute atomic E-state index is 12.8. The molecule has 0 atom stereocenters. The lowest BCUT2D eigenvalue weighted by Gasteiger charge is -1.98. The zero-order valence-electron chi connectivity index (χ0n) is 5.86. The van der Waals surface area contributed by atoms with E-state index < -0.39 is 0 Å². The van der Waals surface area contributed by atoms with E-state index >= 15 is 0 Å². The van der Waals surface area contributed by atoms with Gasteiger partial charge in [-0.05, 0) is 24.6 Å². The van der Waals surface area contributed by atoms with Crippen LogP contribution in [0.1, 0.15) is 11.1 Å². The monoisotopic (exact) mass is 213 g/mol. The Labute approximate surface area is 72.6 Å². The van der Waals surface area contributed by atoms with Crippen molar-refractivity contribution in [3.05, 3.63) is 33.5 Å². The van der Waals surface area contributed by atoms with Crippen molar-refractivity contribution in [2.24, 2.45) is 0 Å². The Morgan fingerprint density at radius 2 is 2.18 bits per heavy atom. The lowest BCUT2D eigenvalue weighted by Crippen LogP contribution is -1.85. The molecule has 1 rings (SSSR count). The molecule has 0 saturated carbocycles. The maximum atomic E-state index is 12.8. The first-order valence-electron chi connectivity index (χ1n) is 3.01. The average Bonchev–Trinajstić information content (AvgIpc) is 1.99. The van der Waals surface area contributed by atoms with Gasteiger partial charge in [-0.3, -0.25) is 0 Å². The summed E-state index contributed by atoms with van der Waals surface area (Å²) < 4.78 is 13.5. The van der Waals surface area contributed by atoms with E-state index in [0.717, 1.165) is 0 Å². The first-order valence-corrected chi connectivity index (χ1v) is 3.80. The number of nitrogens with zero attached hydrogens (tertiary/aromatic N) is 1. The minimum absolute atomic E-state index is 0.333. The Morgan fingerprint density at radius 1 is 1.55 bits per heavy atom. The molecule has 1 aromatic carbocycles. The molecule has 0 aromatic heterocycles. The fourth-order valence-electron chi connectivity index (χ4n) is 0.710. The van der Waals surface area contributed by atoms with E-state index in [9.17, 15) is 4.39 Å². The number of nitriles is 1. The highest BCUT2D eigenvalue weighted by Crippen LogP contribution is 2.20. The van der Waals surface area contributed by atoms with Crippen LogP contribution in [0.25, 0.3) is 0 Å². The van der Waals surface area contributed by atoms with Crippen molar-refractivity contribution in [2.75, 3.05) is 0 Å². The van der Waals surface area contributed by atoms with Crippen LogP contribution in [0.15, 0.2) is 16.6 Å². The van der Waals surface area contributed by atoms with Gasteiger partial charge in [0.2, 0.25) is 0 Å². The minimum Gasteiger partial charge on any atom is -0.207 e. The lowest BCUT2D eigenvalue weighted by molar-refractivity contribution is 0.617. The Hall–Kier alpha value is -0.880. The normalized spacial score (nSPS) is 9.27. The Bertz CT molecular complexity index is 304. The summed E-state index contributed by atoms with van der Waals surface area (Å²) in [6.45, 7) is 1.65. The largest absolute Gasteiger partial charge is 0.207 e. The third-order valence-electron chi connectivity index (χ3n) is 1.41. The highest BCUT2D eigenvalue weighted by atomic mass is 79.9. The van der Waals surface area contributed by atoms with E-state index in [1.54, 1.807) is 13.0 Å². The minimum atomic E-state index is -0.351. The van der Waals surface area contributed by atoms with Crippen LogP contribution in [0, 0.1) is 24.1 Å². The molecule has 0 aliphatic rings. The van der Waals surface area contributed by atoms with Crippen molar-refractivity contribution in [2.45, 2.75) is 6.92 Å². The van der Waals surface area contributed by atoms with Gasteiger partial charge in [-0.15, -0.1) is 0 Å². The summed E-state index contributed by atoms with van der Waals surface area (Å²) in [6.07, 6.45) is 0. The highest BCUT2D eigenvalue weighted by molar-refractivity contribution is 9.10. The fraction of sp³-hybridized carbons (Fsp3) is 0.125. The first-order chi connectivity index (χ1) is 5.15. The molecular weight excluding hydrogens is 209 g/mol. The van der Waals surface area contributed by atoms with Crippen molar-refractivity contribution >= 4 is 15.9 Å². The number of halogens is 2. The molecule has 0 radical (unpaired) electrons. The Kier molecular flexibility index (Phi) is 2.25. The highest BCUT2D eigenvalue weighted by Gasteiger charge is 2.03. The van der Waals surface area contributed by atoms with Gasteiger partial charge in [0.15, 0.2) is 0 Å². The summed E-state index contributed by atoms with van der Waals surface area (Å²) in [5.74, 6) is -0.351. The molecule has 0 saturated heterocycles. The van der Waals surface area contributed by atoms with Crippen LogP contribution < -0.4 is 0 Å². The van der Waals surface area contributed by atoms with Gasteiger partial charge in [0.1, 0.15) is 5.82 Å². The molecule has 56 valence electrons. The first kappa shape index (κ1) is 8.22. The summed E-state index contributed by atoms with van der Waals surface area (Å²) in [4.78, 5) is 0. The Morgan fingerprint density at radius 3 is 2.64 bits per heavy atom. The van der Waals surface area contributed by atoms with Crippen molar-refractivity contribution in [3.8, 4) is 6.07 Å². The van der Waals surface area contributed by atoms with Gasteiger partial charge in [-0.1, -0.05) is 15.9 Å². The van der Waals surface area contributed by atoms with E-state index in [-0.39, 0.29) is 5.82 Å². The van der Waals surface area contributed by atoms with Crippen molar-refractivity contribution in [3.63, 3.8) is 0 Å². The molecule has 0 bridgehead atoms. The van der Waals surface area contributed by atoms with Crippen LogP contribution >= 0.6 is 15.9 Å². The molecule has 0 aliphatic heterocycles. The molecule has 0 fully saturated rings. The van der Waals surface area contributed by atoms with Crippen LogP contribution in [0.5, 0.6) is 0 Å². The van der Waals surface area contributed by atoms with E-state index in [4.69, 9.17) is 5.26 Å². The van der Waals surface area contributed by atoms with Crippen molar-refractivity contribution in [1.29, 1.82) is 5.26 Å². The molecule has 0 amide bonds. The molecule has 0 unspecified atom stereocenters. The second-order valence-corrected chi connectivity index (χ2v) is 3.03. The molecular formula is C8H5BrFN. The lowest BCUT2D eigenvalue weighted by atomic mass is 10.1. The van der Waals surface area contributed by atoms with Gasteiger partial charge in [-0.2, -0.15) is 5.26 Å². The topological polar surface area (TPSA) is 23.8 Å². The molecule has 0 aliphatic carbocycles. The molecule has 0 spiro atoms. The van der Waals surface area contributed by atoms with E-state index in [0.29, 0.717) is 15.6 Å². The van der Waals surface area contributed by atoms with Crippen molar-refractivity contribution < 1.29 is 4.39 Å². The van der Waals surface area contributed by atoms with Gasteiger partial charge in [0.25, 0.3) is 0 Å². The molecule has 3 heteroatoms. The number of hydrogen-bond donors (Lipinski definition) is 0. The number of benzene rings is 1. The number of hydrogen-bond acceptors (Lipinski definition) is 1. The summed E-state index contributed by atoms with van der Waals surface area (Å²) in [6, 6.07) is 4.68. The summed E-state index contributed by atoms with van der Waals surface area (Å²) >= 11 is 3.15. The van der Waals surface area contributed by atoms with Crippen LogP contribution in [0.2, 0.25) is 0 Å². The number of rotatable bonds is 0. The van der Waals surface area contributed by atoms with Gasteiger partial charge >= 0.3 is 0 Å². The molecule has 1 nitrogen and oxygen atoms in total. The quantitative estimate of drug-likeness (QED) is 0.651. The van der Waals surface area contributed by atoms with Gasteiger partial charge in [-0.25, -0.2) is 4.39 Å². The Balaban J connectivity index is 3.35. The van der Waals surface area contributed by atoms with E-state index in [2.05, 4.69) is 15.9 Å². The molecule has 11 heavy (non-hydrogen) atoms. The third-order valence-corrected chi connectivity index (χ3v) is 2.23. The van der Waals surface area contributed by atoms with Crippen LogP contribution in [0.3, 0.4) is 0 Å². The van der Waals surface area contributed by atoms with Gasteiger partial charge in [0, 0.05) is 4.47 Å². The summed E-state index contributed by atoms with van der Waals surface area (Å²) in [5, 5.41) is 8.44. The molecule has 0 N–H and O–H groups in total. The zero-order chi connectivity index (χ0) is 8.43. The van der Waals surface area contributed by atoms with Crippen LogP contribution in [-0.2, 0) is 0 Å². The zero-order valence-corrected chi connectivity index (χ0v) is 7.44. The summed E-state index contributed by atoms with van der Waals surface area (Å²) in [7, 11) is 0. The third kappa shape index (κ3) is 1.58. The molecule has 1 aromatic rings. The SMILES string of the molecule is Cc1c(F)cc(C#N)cc1Br. The van der Waals surface area contributed by atoms with Gasteiger partial charge < -0.3 is 0 Å². The summed E-state index contributed by atoms with van der Waals surface area (Å²) in [5.41, 5.74) is 0.865. The average molecular weight is 214 g/mol. The standard InChI is InChI=1S/C8H5BrFN/c1-5-7(9)2-6(4-11)3-8(5)10/h2-3H,1H3. The maximum Gasteiger partial charge on any atom is 0.128 e.